The molecule has 0 bridgehead atoms. The summed E-state index contributed by atoms with van der Waals surface area (Å²) in [6, 6.07) is 6.27. The van der Waals surface area contributed by atoms with Gasteiger partial charge in [-0.25, -0.2) is 12.8 Å². The number of benzene rings is 1. The molecule has 1 aromatic rings. The second-order valence-electron chi connectivity index (χ2n) is 5.99. The lowest BCUT2D eigenvalue weighted by atomic mass is 10.2. The van der Waals surface area contributed by atoms with Crippen molar-refractivity contribution in [2.24, 2.45) is 0 Å². The first-order chi connectivity index (χ1) is 12.0. The topological polar surface area (TPSA) is 40.6 Å². The normalized spacial score (nSPS) is 16.0. The third kappa shape index (κ3) is 6.18. The number of allylic oxidation sites excluding steroid dienone is 1. The van der Waals surface area contributed by atoms with Crippen molar-refractivity contribution in [3.8, 4) is 11.8 Å². The Kier molecular flexibility index (Phi) is 7.48. The summed E-state index contributed by atoms with van der Waals surface area (Å²) in [4.78, 5) is 2.06. The highest BCUT2D eigenvalue weighted by Crippen LogP contribution is 2.18. The lowest BCUT2D eigenvalue weighted by Gasteiger charge is -2.34. The summed E-state index contributed by atoms with van der Waals surface area (Å²) in [5.41, 5.74) is 0.909. The van der Waals surface area contributed by atoms with Crippen LogP contribution in [-0.2, 0) is 10.0 Å². The van der Waals surface area contributed by atoms with E-state index in [-0.39, 0.29) is 5.82 Å². The number of hydrogen-bond donors (Lipinski definition) is 0. The SMILES string of the molecule is CCCCCC#CC=CS(=O)(=O)N1CCN(c2ccc(F)cc2)CC1. The van der Waals surface area contributed by atoms with E-state index in [1.165, 1.54) is 27.9 Å². The van der Waals surface area contributed by atoms with Crippen molar-refractivity contribution in [2.75, 3.05) is 31.1 Å². The molecule has 2 rings (SSSR count). The molecular weight excluding hydrogens is 339 g/mol. The van der Waals surface area contributed by atoms with Crippen LogP contribution in [0.5, 0.6) is 0 Å². The van der Waals surface area contributed by atoms with Crippen LogP contribution < -0.4 is 4.90 Å². The van der Waals surface area contributed by atoms with Crippen LogP contribution >= 0.6 is 0 Å². The van der Waals surface area contributed by atoms with Gasteiger partial charge in [0.2, 0.25) is 10.0 Å². The molecule has 1 aliphatic rings. The molecule has 0 amide bonds. The summed E-state index contributed by atoms with van der Waals surface area (Å²) in [7, 11) is -3.43. The summed E-state index contributed by atoms with van der Waals surface area (Å²) >= 11 is 0. The molecule has 1 heterocycles. The molecule has 0 aromatic heterocycles. The Bertz CT molecular complexity index is 725. The maximum absolute atomic E-state index is 13.0. The van der Waals surface area contributed by atoms with Crippen molar-refractivity contribution in [1.29, 1.82) is 0 Å². The Morgan fingerprint density at radius 1 is 1.12 bits per heavy atom. The van der Waals surface area contributed by atoms with Gasteiger partial charge in [-0.05, 0) is 30.7 Å². The average Bonchev–Trinajstić information content (AvgIpc) is 2.62. The number of nitrogens with zero attached hydrogens (tertiary/aromatic N) is 2. The van der Waals surface area contributed by atoms with Gasteiger partial charge in [-0.2, -0.15) is 4.31 Å². The zero-order chi connectivity index (χ0) is 18.1. The van der Waals surface area contributed by atoms with Crippen molar-refractivity contribution >= 4 is 15.7 Å². The Hall–Kier alpha value is -1.84. The van der Waals surface area contributed by atoms with Gasteiger partial charge < -0.3 is 4.90 Å². The third-order valence-corrected chi connectivity index (χ3v) is 5.69. The Labute approximate surface area is 150 Å². The molecule has 1 aromatic carbocycles. The molecule has 0 radical (unpaired) electrons. The smallest absolute Gasteiger partial charge is 0.236 e. The molecule has 0 saturated carbocycles. The Balaban J connectivity index is 1.85. The molecular formula is C19H25FN2O2S. The summed E-state index contributed by atoms with van der Waals surface area (Å²) in [6.45, 7) is 4.13. The summed E-state index contributed by atoms with van der Waals surface area (Å²) in [5.74, 6) is 5.49. The maximum atomic E-state index is 13.0. The molecule has 0 N–H and O–H groups in total. The number of sulfonamides is 1. The zero-order valence-corrected chi connectivity index (χ0v) is 15.4. The fourth-order valence-corrected chi connectivity index (χ4v) is 3.74. The van der Waals surface area contributed by atoms with Crippen LogP contribution in [0, 0.1) is 17.7 Å². The first-order valence-electron chi connectivity index (χ1n) is 8.68. The molecule has 1 aliphatic heterocycles. The molecule has 0 aliphatic carbocycles. The fourth-order valence-electron chi connectivity index (χ4n) is 2.65. The predicted molar refractivity (Wildman–Crippen MR) is 100 cm³/mol. The third-order valence-electron chi connectivity index (χ3n) is 4.12. The lowest BCUT2D eigenvalue weighted by Crippen LogP contribution is -2.48. The first kappa shape index (κ1) is 19.5. The molecule has 1 fully saturated rings. The van der Waals surface area contributed by atoms with Gasteiger partial charge in [-0.3, -0.25) is 0 Å². The second-order valence-corrected chi connectivity index (χ2v) is 7.81. The Morgan fingerprint density at radius 2 is 1.80 bits per heavy atom. The van der Waals surface area contributed by atoms with E-state index in [4.69, 9.17) is 0 Å². The first-order valence-corrected chi connectivity index (χ1v) is 10.2. The van der Waals surface area contributed by atoms with Crippen LogP contribution in [0.2, 0.25) is 0 Å². The van der Waals surface area contributed by atoms with Crippen LogP contribution in [-0.4, -0.2) is 38.9 Å². The number of hydrogen-bond acceptors (Lipinski definition) is 3. The van der Waals surface area contributed by atoms with E-state index in [2.05, 4.69) is 23.7 Å². The largest absolute Gasteiger partial charge is 0.369 e. The van der Waals surface area contributed by atoms with Crippen LogP contribution in [0.3, 0.4) is 0 Å². The number of halogens is 1. The van der Waals surface area contributed by atoms with E-state index in [0.29, 0.717) is 26.2 Å². The van der Waals surface area contributed by atoms with Gasteiger partial charge in [0.25, 0.3) is 0 Å². The summed E-state index contributed by atoms with van der Waals surface area (Å²) in [5, 5.41) is 1.19. The van der Waals surface area contributed by atoms with E-state index in [1.807, 2.05) is 0 Å². The van der Waals surface area contributed by atoms with Crippen LogP contribution in [0.25, 0.3) is 0 Å². The minimum absolute atomic E-state index is 0.272. The van der Waals surface area contributed by atoms with Crippen molar-refractivity contribution in [3.63, 3.8) is 0 Å². The van der Waals surface area contributed by atoms with Crippen molar-refractivity contribution in [1.82, 2.24) is 4.31 Å². The molecule has 0 unspecified atom stereocenters. The average molecular weight is 364 g/mol. The van der Waals surface area contributed by atoms with Crippen molar-refractivity contribution < 1.29 is 12.8 Å². The van der Waals surface area contributed by atoms with Gasteiger partial charge in [0.05, 0.1) is 5.41 Å². The lowest BCUT2D eigenvalue weighted by molar-refractivity contribution is 0.390. The summed E-state index contributed by atoms with van der Waals surface area (Å²) in [6.07, 6.45) is 5.57. The van der Waals surface area contributed by atoms with E-state index in [9.17, 15) is 12.8 Å². The van der Waals surface area contributed by atoms with Gasteiger partial charge in [0, 0.05) is 44.4 Å². The van der Waals surface area contributed by atoms with Crippen LogP contribution in [0.15, 0.2) is 35.7 Å². The van der Waals surface area contributed by atoms with E-state index in [0.717, 1.165) is 31.4 Å². The number of anilines is 1. The van der Waals surface area contributed by atoms with Crippen LogP contribution in [0.1, 0.15) is 32.6 Å². The van der Waals surface area contributed by atoms with Gasteiger partial charge in [-0.1, -0.05) is 31.6 Å². The highest BCUT2D eigenvalue weighted by Gasteiger charge is 2.24. The summed E-state index contributed by atoms with van der Waals surface area (Å²) < 4.78 is 39.1. The maximum Gasteiger partial charge on any atom is 0.236 e. The highest BCUT2D eigenvalue weighted by atomic mass is 32.2. The Morgan fingerprint density at radius 3 is 2.44 bits per heavy atom. The molecule has 1 saturated heterocycles. The fraction of sp³-hybridized carbons (Fsp3) is 0.474. The monoisotopic (exact) mass is 364 g/mol. The van der Waals surface area contributed by atoms with Crippen molar-refractivity contribution in [3.05, 3.63) is 41.6 Å². The van der Waals surface area contributed by atoms with Gasteiger partial charge in [-0.15, -0.1) is 0 Å². The highest BCUT2D eigenvalue weighted by molar-refractivity contribution is 7.92. The van der Waals surface area contributed by atoms with Gasteiger partial charge in [0.15, 0.2) is 0 Å². The van der Waals surface area contributed by atoms with Crippen LogP contribution in [0.4, 0.5) is 10.1 Å². The predicted octanol–water partition coefficient (Wildman–Crippen LogP) is 3.37. The zero-order valence-electron chi connectivity index (χ0n) is 14.6. The van der Waals surface area contributed by atoms with Gasteiger partial charge in [0.1, 0.15) is 5.82 Å². The number of rotatable bonds is 6. The molecule has 6 heteroatoms. The van der Waals surface area contributed by atoms with Crippen molar-refractivity contribution in [2.45, 2.75) is 32.6 Å². The minimum Gasteiger partial charge on any atom is -0.369 e. The van der Waals surface area contributed by atoms with Gasteiger partial charge >= 0.3 is 0 Å². The molecule has 25 heavy (non-hydrogen) atoms. The quantitative estimate of drug-likeness (QED) is 0.574. The van der Waals surface area contributed by atoms with E-state index < -0.39 is 10.0 Å². The second kappa shape index (κ2) is 9.59. The number of piperazine rings is 1. The minimum atomic E-state index is -3.43. The molecule has 0 atom stereocenters. The standard InChI is InChI=1S/C19H25FN2O2S/c1-2-3-4-5-6-7-8-17-25(23,24)22-15-13-21(14-16-22)19-11-9-18(20)10-12-19/h8-12,17H,2-5,13-16H2,1H3. The molecule has 136 valence electrons. The van der Waals surface area contributed by atoms with E-state index in [1.54, 1.807) is 12.1 Å². The number of unbranched alkanes of at least 4 members (excludes halogenated alkanes) is 3. The molecule has 0 spiro atoms. The van der Waals surface area contributed by atoms with E-state index >= 15 is 0 Å². The molecule has 4 nitrogen and oxygen atoms in total.